The van der Waals surface area contributed by atoms with Crippen molar-refractivity contribution in [3.63, 3.8) is 0 Å². The number of piperidine rings is 1. The van der Waals surface area contributed by atoms with Gasteiger partial charge in [0.15, 0.2) is 0 Å². The Morgan fingerprint density at radius 1 is 1.17 bits per heavy atom. The summed E-state index contributed by atoms with van der Waals surface area (Å²) >= 11 is 9.40. The fourth-order valence-electron chi connectivity index (χ4n) is 4.71. The highest BCUT2D eigenvalue weighted by molar-refractivity contribution is 9.10. The number of carbonyl (C=O) groups is 1. The summed E-state index contributed by atoms with van der Waals surface area (Å²) in [6, 6.07) is 3.27. The molecular weight excluding hydrogens is 561 g/mol. The number of nitrogens with zero attached hydrogens (tertiary/aromatic N) is 4. The van der Waals surface area contributed by atoms with E-state index in [1.165, 1.54) is 6.07 Å². The molecule has 1 aliphatic heterocycles. The number of aromatic nitrogens is 2. The van der Waals surface area contributed by atoms with Crippen LogP contribution in [0.3, 0.4) is 0 Å². The molecule has 0 aliphatic carbocycles. The lowest BCUT2D eigenvalue weighted by molar-refractivity contribution is -0.137. The second-order valence-electron chi connectivity index (χ2n) is 9.26. The molecule has 1 aliphatic rings. The van der Waals surface area contributed by atoms with Crippen LogP contribution in [0, 0.1) is 0 Å². The van der Waals surface area contributed by atoms with Crippen molar-refractivity contribution in [1.29, 1.82) is 0 Å². The molecule has 3 atom stereocenters. The fraction of sp³-hybridized carbons (Fsp3) is 0.560. The summed E-state index contributed by atoms with van der Waals surface area (Å²) in [7, 11) is 0. The van der Waals surface area contributed by atoms with E-state index in [1.54, 1.807) is 12.4 Å². The monoisotopic (exact) mass is 590 g/mol. The van der Waals surface area contributed by atoms with Crippen LogP contribution >= 0.6 is 27.5 Å². The van der Waals surface area contributed by atoms with Crippen molar-refractivity contribution < 1.29 is 22.7 Å². The first kappa shape index (κ1) is 28.5. The van der Waals surface area contributed by atoms with E-state index in [-0.39, 0.29) is 41.9 Å². The molecule has 2 unspecified atom stereocenters. The number of anilines is 1. The molecule has 0 saturated carbocycles. The lowest BCUT2D eigenvalue weighted by atomic mass is 9.87. The second-order valence-corrected chi connectivity index (χ2v) is 10.6. The van der Waals surface area contributed by atoms with Gasteiger partial charge in [-0.25, -0.2) is 14.8 Å². The highest BCUT2D eigenvalue weighted by Crippen LogP contribution is 2.35. The molecule has 2 heterocycles. The molecule has 3 rings (SSSR count). The molecule has 1 amide bonds. The second kappa shape index (κ2) is 12.0. The Morgan fingerprint density at radius 3 is 2.25 bits per heavy atom. The molecule has 198 valence electrons. The number of alkyl halides is 3. The van der Waals surface area contributed by atoms with Crippen LogP contribution in [0.25, 0.3) is 0 Å². The Kier molecular flexibility index (Phi) is 9.49. The van der Waals surface area contributed by atoms with Gasteiger partial charge < -0.3 is 14.5 Å². The average molecular weight is 592 g/mol. The van der Waals surface area contributed by atoms with Gasteiger partial charge >= 0.3 is 12.3 Å². The molecule has 0 radical (unpaired) electrons. The van der Waals surface area contributed by atoms with Gasteiger partial charge in [-0.2, -0.15) is 13.2 Å². The Hall–Kier alpha value is -2.07. The van der Waals surface area contributed by atoms with Gasteiger partial charge in [0, 0.05) is 42.1 Å². The fourth-order valence-corrected chi connectivity index (χ4v) is 5.17. The van der Waals surface area contributed by atoms with E-state index < -0.39 is 11.7 Å². The molecule has 1 aromatic carbocycles. The Labute approximate surface area is 223 Å². The minimum atomic E-state index is -4.51. The first-order chi connectivity index (χ1) is 16.9. The van der Waals surface area contributed by atoms with Crippen LogP contribution in [0.1, 0.15) is 64.5 Å². The number of benzene rings is 1. The molecule has 0 spiro atoms. The predicted molar refractivity (Wildman–Crippen MR) is 137 cm³/mol. The Morgan fingerprint density at radius 2 is 1.75 bits per heavy atom. The molecule has 1 aromatic heterocycles. The Balaban J connectivity index is 1.98. The number of hydrogen-bond acceptors (Lipinski definition) is 5. The first-order valence-electron chi connectivity index (χ1n) is 12.0. The molecule has 11 heteroatoms. The van der Waals surface area contributed by atoms with E-state index in [0.29, 0.717) is 41.7 Å². The molecular formula is C25H31BrClF3N4O2. The van der Waals surface area contributed by atoms with Crippen LogP contribution in [0.15, 0.2) is 35.1 Å². The van der Waals surface area contributed by atoms with Crippen molar-refractivity contribution in [1.82, 2.24) is 14.9 Å². The summed E-state index contributed by atoms with van der Waals surface area (Å²) in [5, 5.41) is 0.0145. The maximum absolute atomic E-state index is 13.5. The van der Waals surface area contributed by atoms with Crippen molar-refractivity contribution in [2.75, 3.05) is 4.90 Å². The van der Waals surface area contributed by atoms with Gasteiger partial charge in [0.25, 0.3) is 0 Å². The van der Waals surface area contributed by atoms with E-state index in [0.717, 1.165) is 12.1 Å². The number of amides is 1. The molecule has 0 N–H and O–H groups in total. The van der Waals surface area contributed by atoms with Gasteiger partial charge in [0.05, 0.1) is 16.1 Å². The third-order valence-corrected chi connectivity index (χ3v) is 6.93. The highest BCUT2D eigenvalue weighted by atomic mass is 79.9. The van der Waals surface area contributed by atoms with Crippen LogP contribution in [0.4, 0.5) is 23.9 Å². The van der Waals surface area contributed by atoms with Crippen LogP contribution in [0.2, 0.25) is 5.02 Å². The zero-order valence-electron chi connectivity index (χ0n) is 20.7. The standard InChI is InChI=1S/C25H31BrClF3N4O2/c1-5-20-10-22(11-21(6-2)34(20)24(35)36-15(3)4)33(23-31-12-18(26)13-32-23)14-16-7-17(25(28,29)30)9-19(27)8-16/h7-9,12-13,15,20-22H,5-6,10-11,14H2,1-4H3/t20-,21?,22?/m1/s1. The normalized spacial score (nSPS) is 20.5. The first-order valence-corrected chi connectivity index (χ1v) is 13.2. The van der Waals surface area contributed by atoms with Gasteiger partial charge in [0.1, 0.15) is 0 Å². The number of carbonyl (C=O) groups excluding carboxylic acids is 1. The van der Waals surface area contributed by atoms with Gasteiger partial charge in [-0.05, 0) is 79.2 Å². The summed E-state index contributed by atoms with van der Waals surface area (Å²) in [6.07, 6.45) is 0.771. The predicted octanol–water partition coefficient (Wildman–Crippen LogP) is 7.48. The van der Waals surface area contributed by atoms with Crippen LogP contribution in [-0.4, -0.2) is 45.2 Å². The maximum atomic E-state index is 13.5. The van der Waals surface area contributed by atoms with Gasteiger partial charge in [-0.15, -0.1) is 0 Å². The van der Waals surface area contributed by atoms with E-state index in [2.05, 4.69) is 25.9 Å². The Bertz CT molecular complexity index is 1020. The number of halogens is 5. The van der Waals surface area contributed by atoms with Crippen molar-refractivity contribution in [3.05, 3.63) is 51.2 Å². The van der Waals surface area contributed by atoms with Crippen LogP contribution in [-0.2, 0) is 17.5 Å². The zero-order chi connectivity index (χ0) is 26.6. The molecule has 6 nitrogen and oxygen atoms in total. The minimum absolute atomic E-state index is 0.0145. The number of ether oxygens (including phenoxy) is 1. The third kappa shape index (κ3) is 7.03. The maximum Gasteiger partial charge on any atom is 0.416 e. The third-order valence-electron chi connectivity index (χ3n) is 6.31. The average Bonchev–Trinajstić information content (AvgIpc) is 2.81. The summed E-state index contributed by atoms with van der Waals surface area (Å²) in [5.41, 5.74) is -0.394. The van der Waals surface area contributed by atoms with Crippen molar-refractivity contribution >= 4 is 39.6 Å². The van der Waals surface area contributed by atoms with Gasteiger partial charge in [-0.1, -0.05) is 25.4 Å². The molecule has 0 bridgehead atoms. The van der Waals surface area contributed by atoms with Gasteiger partial charge in [-0.3, -0.25) is 0 Å². The summed E-state index contributed by atoms with van der Waals surface area (Å²) < 4.78 is 46.6. The topological polar surface area (TPSA) is 58.6 Å². The van der Waals surface area contributed by atoms with Crippen molar-refractivity contribution in [2.45, 2.75) is 90.3 Å². The summed E-state index contributed by atoms with van der Waals surface area (Å²) in [5.74, 6) is 0.402. The molecule has 1 fully saturated rings. The van der Waals surface area contributed by atoms with E-state index >= 15 is 0 Å². The number of rotatable bonds is 7. The lowest BCUT2D eigenvalue weighted by Gasteiger charge is -2.47. The molecule has 2 aromatic rings. The van der Waals surface area contributed by atoms with Crippen LogP contribution < -0.4 is 4.90 Å². The number of hydrogen-bond donors (Lipinski definition) is 0. The summed E-state index contributed by atoms with van der Waals surface area (Å²) in [4.78, 5) is 25.6. The van der Waals surface area contributed by atoms with E-state index in [1.807, 2.05) is 37.5 Å². The van der Waals surface area contributed by atoms with Gasteiger partial charge in [0.2, 0.25) is 5.95 Å². The van der Waals surface area contributed by atoms with E-state index in [4.69, 9.17) is 16.3 Å². The highest BCUT2D eigenvalue weighted by Gasteiger charge is 2.41. The molecule has 36 heavy (non-hydrogen) atoms. The quantitative estimate of drug-likeness (QED) is 0.334. The SMILES string of the molecule is CCC1CC(N(Cc2cc(Cl)cc(C(F)(F)F)c2)c2ncc(Br)cn2)C[C@@H](CC)N1C(=O)OC(C)C. The van der Waals surface area contributed by atoms with Crippen molar-refractivity contribution in [2.24, 2.45) is 0 Å². The summed E-state index contributed by atoms with van der Waals surface area (Å²) in [6.45, 7) is 7.81. The van der Waals surface area contributed by atoms with Crippen LogP contribution in [0.5, 0.6) is 0 Å². The van der Waals surface area contributed by atoms with E-state index in [9.17, 15) is 18.0 Å². The molecule has 1 saturated heterocycles. The smallest absolute Gasteiger partial charge is 0.416 e. The number of likely N-dealkylation sites (tertiary alicyclic amines) is 1. The largest absolute Gasteiger partial charge is 0.447 e. The lowest BCUT2D eigenvalue weighted by Crippen LogP contribution is -2.57. The minimum Gasteiger partial charge on any atom is -0.447 e. The zero-order valence-corrected chi connectivity index (χ0v) is 23.1. The van der Waals surface area contributed by atoms with Crippen molar-refractivity contribution in [3.8, 4) is 0 Å².